The van der Waals surface area contributed by atoms with Crippen LogP contribution in [-0.2, 0) is 0 Å². The van der Waals surface area contributed by atoms with E-state index in [1.807, 2.05) is 12.1 Å². The fourth-order valence-corrected chi connectivity index (χ4v) is 36.9. The minimum Gasteiger partial charge on any atom is -0.496 e. The average molecular weight is 1820 g/mol. The molecule has 0 saturated heterocycles. The van der Waals surface area contributed by atoms with E-state index in [1.165, 1.54) is 241 Å². The van der Waals surface area contributed by atoms with Gasteiger partial charge >= 0.3 is 7.12 Å². The molecule has 0 spiro atoms. The summed E-state index contributed by atoms with van der Waals surface area (Å²) in [5.41, 5.74) is 4.75. The van der Waals surface area contributed by atoms with E-state index in [1.54, 1.807) is 43.8 Å². The third-order valence-corrected chi connectivity index (χ3v) is 42.5. The summed E-state index contributed by atoms with van der Waals surface area (Å²) in [5, 5.41) is 61.2. The van der Waals surface area contributed by atoms with Crippen molar-refractivity contribution in [3.05, 3.63) is 461 Å². The Hall–Kier alpha value is -14.4. The first-order chi connectivity index (χ1) is 67.3. The summed E-state index contributed by atoms with van der Waals surface area (Å²) in [5.74, 6) is 1.83. The van der Waals surface area contributed by atoms with Gasteiger partial charge in [0.05, 0.1) is 19.8 Å². The summed E-state index contributed by atoms with van der Waals surface area (Å²) in [6.07, 6.45) is 14.2. The molecule has 0 bridgehead atoms. The number of fused-ring (bicyclic) bond motifs is 24. The van der Waals surface area contributed by atoms with Crippen molar-refractivity contribution in [1.29, 1.82) is 0 Å². The Morgan fingerprint density at radius 1 is 0.219 bits per heavy atom. The van der Waals surface area contributed by atoms with Crippen molar-refractivity contribution in [2.45, 2.75) is 83.0 Å². The molecule has 25 rings (SSSR count). The van der Waals surface area contributed by atoms with Gasteiger partial charge in [0, 0.05) is 0 Å². The van der Waals surface area contributed by atoms with E-state index >= 15 is 0 Å². The summed E-state index contributed by atoms with van der Waals surface area (Å²) >= 11 is 0. The van der Waals surface area contributed by atoms with Crippen LogP contribution in [0.3, 0.4) is 0 Å². The minimum absolute atomic E-state index is 0. The van der Waals surface area contributed by atoms with Crippen molar-refractivity contribution in [3.8, 4) is 22.6 Å². The molecule has 0 unspecified atom stereocenters. The molecule has 0 aliphatic heterocycles. The summed E-state index contributed by atoms with van der Waals surface area (Å²) in [6.45, 7) is 0. The molecule has 666 valence electrons. The molecule has 2 fully saturated rings. The predicted octanol–water partition coefficient (Wildman–Crippen LogP) is 27.1. The Morgan fingerprint density at radius 2 is 0.431 bits per heavy atom. The summed E-state index contributed by atoms with van der Waals surface area (Å²) in [4.78, 5) is 0. The molecule has 2 aliphatic rings. The van der Waals surface area contributed by atoms with Crippen LogP contribution in [0.5, 0.6) is 11.5 Å². The molecule has 4 nitrogen and oxygen atoms in total. The lowest BCUT2D eigenvalue weighted by atomic mass is 9.81. The highest BCUT2D eigenvalue weighted by molar-refractivity contribution is 7.67. The van der Waals surface area contributed by atoms with Crippen LogP contribution in [0, 0.1) is 0 Å². The van der Waals surface area contributed by atoms with Crippen LogP contribution in [0.2, 0.25) is 0 Å². The molecule has 0 radical (unpaired) electrons. The Bertz CT molecular complexity index is 7360. The van der Waals surface area contributed by atoms with Gasteiger partial charge in [0.15, 0.2) is 16.1 Å². The van der Waals surface area contributed by atoms with Gasteiger partial charge in [-0.25, -0.2) is 0 Å². The molecule has 137 heavy (non-hydrogen) atoms. The van der Waals surface area contributed by atoms with Gasteiger partial charge in [-0.3, -0.25) is 0 Å². The minimum atomic E-state index is -2.84. The second-order valence-corrected chi connectivity index (χ2v) is 47.1. The molecule has 23 aromatic rings. The second kappa shape index (κ2) is 39.5. The number of ether oxygens (including phenoxy) is 2. The van der Waals surface area contributed by atoms with E-state index in [0.717, 1.165) is 28.4 Å². The van der Waals surface area contributed by atoms with Gasteiger partial charge < -0.3 is 19.5 Å². The molecule has 0 amide bonds. The zero-order chi connectivity index (χ0) is 91.5. The van der Waals surface area contributed by atoms with Crippen molar-refractivity contribution >= 4 is 213 Å². The zero-order valence-corrected chi connectivity index (χ0v) is 79.7. The van der Waals surface area contributed by atoms with E-state index in [0.29, 0.717) is 5.46 Å². The molecule has 23 aromatic carbocycles. The number of rotatable bonds is 15. The first-order valence-corrected chi connectivity index (χ1v) is 53.8. The van der Waals surface area contributed by atoms with Crippen molar-refractivity contribution in [2.24, 2.45) is 0 Å². The standard InChI is InChI=1S/2C48H32Si.C26H35O2P.C6H7BO2.CH4/c2*1-3-15-33(16-4-1)49(34-17-5-2-6-18-34,35-27-29-45-41-23-9-7-19-37(41)39-21-11-13-25-43(39)47(45)31-35)36-28-30-46-42-24-10-8-20-38(42)40-22-12-14-26-44(40)48(46)32-36;1-27-23-17-11-18-24(28-2)26(23)22-16-9-10-19-25(22)29(20-12-5-3-6-13-20)21-14-7-4-8-15-21;8-7(9)6-4-2-1-3-5-6;/h2*1-32H;9-11,16-21H,3-8,12-15H2,1-2H3;1-5,8-9H;1H4. The third kappa shape index (κ3) is 16.3. The summed E-state index contributed by atoms with van der Waals surface area (Å²) in [6, 6.07) is 170. The van der Waals surface area contributed by atoms with Crippen LogP contribution >= 0.6 is 7.92 Å². The quantitative estimate of drug-likeness (QED) is 0.0465. The highest BCUT2D eigenvalue weighted by Crippen LogP contribution is 2.57. The highest BCUT2D eigenvalue weighted by atomic mass is 31.1. The van der Waals surface area contributed by atoms with E-state index < -0.39 is 23.3 Å². The fourth-order valence-electron chi connectivity index (χ4n) is 23.4. The van der Waals surface area contributed by atoms with E-state index in [-0.39, 0.29) is 15.3 Å². The van der Waals surface area contributed by atoms with Crippen LogP contribution in [0.4, 0.5) is 0 Å². The maximum absolute atomic E-state index is 8.58. The fraction of sp³-hybridized carbons (Fsp3) is 0.116. The van der Waals surface area contributed by atoms with Gasteiger partial charge in [-0.15, -0.1) is 0 Å². The van der Waals surface area contributed by atoms with Crippen LogP contribution in [-0.4, -0.2) is 58.9 Å². The second-order valence-electron chi connectivity index (χ2n) is 36.7. The van der Waals surface area contributed by atoms with Crippen LogP contribution < -0.4 is 61.7 Å². The molecule has 0 aromatic heterocycles. The lowest BCUT2D eigenvalue weighted by Crippen LogP contribution is -2.74. The van der Waals surface area contributed by atoms with Crippen molar-refractivity contribution in [3.63, 3.8) is 0 Å². The Kier molecular flexibility index (Phi) is 25.7. The van der Waals surface area contributed by atoms with Gasteiger partial charge in [-0.05, 0) is 236 Å². The smallest absolute Gasteiger partial charge is 0.488 e. The van der Waals surface area contributed by atoms with Gasteiger partial charge in [-0.1, -0.05) is 503 Å². The largest absolute Gasteiger partial charge is 0.496 e. The van der Waals surface area contributed by atoms with Crippen LogP contribution in [0.1, 0.15) is 71.6 Å². The average Bonchev–Trinajstić information content (AvgIpc) is 0.712. The summed E-state index contributed by atoms with van der Waals surface area (Å²) < 4.78 is 11.6. The molecule has 2 aliphatic carbocycles. The third-order valence-electron chi connectivity index (χ3n) is 29.4. The first-order valence-electron chi connectivity index (χ1n) is 48.3. The van der Waals surface area contributed by atoms with Gasteiger partial charge in [0.25, 0.3) is 0 Å². The van der Waals surface area contributed by atoms with E-state index in [4.69, 9.17) is 19.5 Å². The van der Waals surface area contributed by atoms with Gasteiger partial charge in [0.2, 0.25) is 0 Å². The molecule has 2 saturated carbocycles. The molecular formula is C129H110BO4PSi2. The first kappa shape index (κ1) is 89.2. The number of hydrogen-bond acceptors (Lipinski definition) is 4. The maximum atomic E-state index is 8.58. The molecule has 0 heterocycles. The predicted molar refractivity (Wildman–Crippen MR) is 598 cm³/mol. The Morgan fingerprint density at radius 3 is 0.664 bits per heavy atom. The van der Waals surface area contributed by atoms with E-state index in [2.05, 4.69) is 425 Å². The number of benzene rings is 23. The molecule has 0 atom stereocenters. The van der Waals surface area contributed by atoms with Crippen molar-refractivity contribution in [2.75, 3.05) is 14.2 Å². The Labute approximate surface area is 807 Å². The number of methoxy groups -OCH3 is 2. The lowest BCUT2D eigenvalue weighted by Gasteiger charge is -2.39. The van der Waals surface area contributed by atoms with Crippen molar-refractivity contribution in [1.82, 2.24) is 0 Å². The van der Waals surface area contributed by atoms with Crippen molar-refractivity contribution < 1.29 is 19.5 Å². The van der Waals surface area contributed by atoms with Crippen LogP contribution in [0.25, 0.3) is 140 Å². The van der Waals surface area contributed by atoms with Gasteiger partial charge in [0.1, 0.15) is 11.5 Å². The maximum Gasteiger partial charge on any atom is 0.488 e. The highest BCUT2D eigenvalue weighted by Gasteiger charge is 2.44. The van der Waals surface area contributed by atoms with E-state index in [9.17, 15) is 0 Å². The summed E-state index contributed by atoms with van der Waals surface area (Å²) in [7, 11) is -3.67. The number of hydrogen-bond donors (Lipinski definition) is 2. The normalized spacial score (nSPS) is 13.2. The zero-order valence-electron chi connectivity index (χ0n) is 76.8. The monoisotopic (exact) mass is 1820 g/mol. The molecule has 8 heteroatoms. The lowest BCUT2D eigenvalue weighted by molar-refractivity contribution is 0.397. The molecule has 2 N–H and O–H groups in total. The SMILES string of the molecule is C.COc1cccc(OC)c1-c1ccccc1P(C1CCCCC1)C1CCCCC1.OB(O)c1ccccc1.c1ccc([Si](c2ccccc2)(c2ccc3c4ccccc4c4ccccc4c3c2)c2ccc3c4ccccc4c4ccccc4c3c2)cc1.c1ccc([Si](c2ccccc2)(c2ccc3c4ccccc4c4ccccc4c3c2)c2ccc3c4ccccc4c4ccccc4c3c2)cc1. The Balaban J connectivity index is 0.000000120. The van der Waals surface area contributed by atoms with Gasteiger partial charge in [-0.2, -0.15) is 0 Å². The molecular weight excluding hydrogens is 1710 g/mol. The topological polar surface area (TPSA) is 58.9 Å². The van der Waals surface area contributed by atoms with Crippen LogP contribution in [0.15, 0.2) is 461 Å².